The second kappa shape index (κ2) is 7.54. The summed E-state index contributed by atoms with van der Waals surface area (Å²) in [4.78, 5) is 14.9. The summed E-state index contributed by atoms with van der Waals surface area (Å²) in [7, 11) is 4.29. The van der Waals surface area contributed by atoms with E-state index in [0.29, 0.717) is 17.1 Å². The molecule has 0 fully saturated rings. The maximum absolute atomic E-state index is 11.2. The molecule has 0 saturated carbocycles. The Hall–Kier alpha value is -2.02. The molecule has 1 aromatic carbocycles. The number of nitrogens with one attached hydrogen (secondary N) is 1. The molecule has 7 heteroatoms. The Morgan fingerprint density at radius 3 is 2.35 bits per heavy atom. The molecule has 6 nitrogen and oxygen atoms in total. The van der Waals surface area contributed by atoms with Crippen LogP contribution in [0.5, 0.6) is 11.5 Å². The molecule has 0 atom stereocenters. The topological polar surface area (TPSA) is 81.0 Å². The van der Waals surface area contributed by atoms with Crippen molar-refractivity contribution in [1.82, 2.24) is 0 Å². The van der Waals surface area contributed by atoms with Crippen LogP contribution in [0.2, 0.25) is 0 Å². The van der Waals surface area contributed by atoms with Crippen molar-refractivity contribution in [2.75, 3.05) is 27.6 Å². The highest BCUT2D eigenvalue weighted by Crippen LogP contribution is 2.28. The number of amides is 1. The van der Waals surface area contributed by atoms with E-state index in [0.717, 1.165) is 0 Å². The zero-order valence-corrected chi connectivity index (χ0v) is 12.5. The Morgan fingerprint density at radius 2 is 1.85 bits per heavy atom. The molecule has 1 amide bonds. The monoisotopic (exact) mass is 296 g/mol. The number of nitrogens with zero attached hydrogens (tertiary/aromatic N) is 1. The molecule has 0 radical (unpaired) electrons. The Labute approximate surface area is 121 Å². The average Bonchev–Trinajstić information content (AvgIpc) is 2.50. The summed E-state index contributed by atoms with van der Waals surface area (Å²) in [5.74, 6) is 1.08. The molecule has 0 aromatic heterocycles. The van der Waals surface area contributed by atoms with Gasteiger partial charge < -0.3 is 14.2 Å². The largest absolute Gasteiger partial charge is 0.493 e. The Morgan fingerprint density at radius 1 is 1.20 bits per heavy atom. The lowest BCUT2D eigenvalue weighted by Crippen LogP contribution is -2.13. The first-order chi connectivity index (χ1) is 9.57. The molecule has 0 aliphatic heterocycles. The third-order valence-electron chi connectivity index (χ3n) is 2.45. The van der Waals surface area contributed by atoms with E-state index >= 15 is 0 Å². The molecule has 0 aliphatic rings. The highest BCUT2D eigenvalue weighted by Gasteiger charge is 2.14. The normalized spacial score (nSPS) is 10.9. The molecular formula is C13H16N2O4S. The lowest BCUT2D eigenvalue weighted by Gasteiger charge is -2.10. The second-order valence-corrected chi connectivity index (χ2v) is 4.33. The molecule has 0 unspecified atom stereocenters. The molecular weight excluding hydrogens is 280 g/mol. The number of benzene rings is 1. The molecule has 0 spiro atoms. The Kier molecular flexibility index (Phi) is 6.05. The predicted octanol–water partition coefficient (Wildman–Crippen LogP) is 2.60. The van der Waals surface area contributed by atoms with Crippen molar-refractivity contribution in [2.24, 2.45) is 4.99 Å². The summed E-state index contributed by atoms with van der Waals surface area (Å²) in [5, 5.41) is 8.37. The summed E-state index contributed by atoms with van der Waals surface area (Å²) in [6, 6.07) is 5.05. The quantitative estimate of drug-likeness (QED) is 0.682. The lowest BCUT2D eigenvalue weighted by atomic mass is 10.1. The van der Waals surface area contributed by atoms with Gasteiger partial charge in [0, 0.05) is 5.56 Å². The second-order valence-electron chi connectivity index (χ2n) is 3.54. The van der Waals surface area contributed by atoms with Crippen LogP contribution in [0.25, 0.3) is 0 Å². The van der Waals surface area contributed by atoms with E-state index < -0.39 is 6.09 Å². The van der Waals surface area contributed by atoms with Gasteiger partial charge in [-0.15, -0.1) is 11.8 Å². The van der Waals surface area contributed by atoms with Gasteiger partial charge in [0.25, 0.3) is 0 Å². The molecule has 0 bridgehead atoms. The summed E-state index contributed by atoms with van der Waals surface area (Å²) in [6.45, 7) is 0. The van der Waals surface area contributed by atoms with Gasteiger partial charge in [-0.25, -0.2) is 4.79 Å². The number of ether oxygens (including phenoxy) is 3. The van der Waals surface area contributed by atoms with Gasteiger partial charge in [-0.1, -0.05) is 0 Å². The van der Waals surface area contributed by atoms with E-state index in [9.17, 15) is 4.79 Å². The van der Waals surface area contributed by atoms with Crippen molar-refractivity contribution >= 4 is 28.6 Å². The van der Waals surface area contributed by atoms with Crippen molar-refractivity contribution in [2.45, 2.75) is 0 Å². The molecule has 0 heterocycles. The van der Waals surface area contributed by atoms with E-state index in [1.807, 2.05) is 0 Å². The van der Waals surface area contributed by atoms with Crippen LogP contribution in [-0.4, -0.2) is 44.4 Å². The summed E-state index contributed by atoms with van der Waals surface area (Å²) < 4.78 is 14.8. The van der Waals surface area contributed by atoms with E-state index in [2.05, 4.69) is 9.73 Å². The highest BCUT2D eigenvalue weighted by atomic mass is 32.2. The zero-order valence-electron chi connectivity index (χ0n) is 11.7. The van der Waals surface area contributed by atoms with Crippen molar-refractivity contribution in [3.8, 4) is 11.5 Å². The number of methoxy groups -OCH3 is 3. The minimum Gasteiger partial charge on any atom is -0.493 e. The number of rotatable bonds is 4. The van der Waals surface area contributed by atoms with Crippen LogP contribution in [0.4, 0.5) is 4.79 Å². The van der Waals surface area contributed by atoms with Gasteiger partial charge in [-0.2, -0.15) is 4.99 Å². The van der Waals surface area contributed by atoms with Crippen LogP contribution in [0, 0.1) is 5.41 Å². The van der Waals surface area contributed by atoms with Crippen LogP contribution < -0.4 is 9.47 Å². The van der Waals surface area contributed by atoms with Crippen LogP contribution in [0.1, 0.15) is 5.56 Å². The predicted molar refractivity (Wildman–Crippen MR) is 79.7 cm³/mol. The number of aliphatic imine (C=N–C) groups is 1. The minimum atomic E-state index is -0.737. The van der Waals surface area contributed by atoms with Crippen molar-refractivity contribution in [3.63, 3.8) is 0 Å². The van der Waals surface area contributed by atoms with Crippen molar-refractivity contribution in [1.29, 1.82) is 5.41 Å². The van der Waals surface area contributed by atoms with E-state index in [-0.39, 0.29) is 10.8 Å². The number of carbonyl (C=O) groups excluding carboxylic acids is 1. The Balaban J connectivity index is 3.13. The molecule has 108 valence electrons. The van der Waals surface area contributed by atoms with Crippen LogP contribution in [0.15, 0.2) is 23.2 Å². The standard InChI is InChI=1S/C13H16N2O4S/c1-17-9-6-5-8(7-10(9)18-2)11(14)12(20-4)15-13(16)19-3/h5-7,14H,1-4H3/b14-11?,15-12-. The fraction of sp³-hybridized carbons (Fsp3) is 0.308. The lowest BCUT2D eigenvalue weighted by molar-refractivity contribution is 0.183. The fourth-order valence-electron chi connectivity index (χ4n) is 1.45. The van der Waals surface area contributed by atoms with E-state index in [1.165, 1.54) is 33.1 Å². The summed E-state index contributed by atoms with van der Waals surface area (Å²) >= 11 is 1.19. The van der Waals surface area contributed by atoms with Crippen molar-refractivity contribution < 1.29 is 19.0 Å². The molecule has 1 rings (SSSR count). The number of carbonyl (C=O) groups is 1. The van der Waals surface area contributed by atoms with Crippen molar-refractivity contribution in [3.05, 3.63) is 23.8 Å². The molecule has 0 aliphatic carbocycles. The van der Waals surface area contributed by atoms with Gasteiger partial charge in [0.15, 0.2) is 11.5 Å². The SMILES string of the molecule is COC(=O)/N=C(\SC)C(=N)c1ccc(OC)c(OC)c1. The number of thioether (sulfide) groups is 1. The van der Waals surface area contributed by atoms with Crippen LogP contribution in [-0.2, 0) is 4.74 Å². The smallest absolute Gasteiger partial charge is 0.434 e. The highest BCUT2D eigenvalue weighted by molar-refractivity contribution is 8.15. The van der Waals surface area contributed by atoms with E-state index in [1.54, 1.807) is 24.5 Å². The average molecular weight is 296 g/mol. The first-order valence-corrected chi connectivity index (χ1v) is 6.81. The minimum absolute atomic E-state index is 0.115. The third kappa shape index (κ3) is 3.74. The fourth-order valence-corrected chi connectivity index (χ4v) is 1.94. The van der Waals surface area contributed by atoms with Gasteiger partial charge in [0.2, 0.25) is 0 Å². The summed E-state index contributed by atoms with van der Waals surface area (Å²) in [5.41, 5.74) is 0.684. The van der Waals surface area contributed by atoms with Crippen LogP contribution >= 0.6 is 11.8 Å². The summed E-state index contributed by atoms with van der Waals surface area (Å²) in [6.07, 6.45) is 0.997. The first-order valence-electron chi connectivity index (χ1n) is 5.59. The zero-order chi connectivity index (χ0) is 15.1. The Bertz CT molecular complexity index is 543. The maximum atomic E-state index is 11.2. The number of hydrogen-bond donors (Lipinski definition) is 1. The third-order valence-corrected chi connectivity index (χ3v) is 3.13. The first kappa shape index (κ1) is 16.0. The molecule has 20 heavy (non-hydrogen) atoms. The molecule has 1 N–H and O–H groups in total. The van der Waals surface area contributed by atoms with E-state index in [4.69, 9.17) is 14.9 Å². The molecule has 0 saturated heterocycles. The van der Waals surface area contributed by atoms with Gasteiger partial charge in [-0.3, -0.25) is 5.41 Å². The van der Waals surface area contributed by atoms with Crippen LogP contribution in [0.3, 0.4) is 0 Å². The van der Waals surface area contributed by atoms with Gasteiger partial charge in [0.1, 0.15) is 5.04 Å². The van der Waals surface area contributed by atoms with Gasteiger partial charge in [-0.05, 0) is 24.5 Å². The maximum Gasteiger partial charge on any atom is 0.434 e. The van der Waals surface area contributed by atoms with Gasteiger partial charge >= 0.3 is 6.09 Å². The number of hydrogen-bond acceptors (Lipinski definition) is 6. The molecule has 1 aromatic rings. The van der Waals surface area contributed by atoms with Gasteiger partial charge in [0.05, 0.1) is 27.0 Å².